The van der Waals surface area contributed by atoms with Gasteiger partial charge in [-0.15, -0.1) is 20.5 Å². The third-order valence-corrected chi connectivity index (χ3v) is 4.76. The van der Waals surface area contributed by atoms with Gasteiger partial charge >= 0.3 is 0 Å². The quantitative estimate of drug-likeness (QED) is 0.357. The molecule has 0 aromatic heterocycles. The predicted molar refractivity (Wildman–Crippen MR) is 89.6 cm³/mol. The summed E-state index contributed by atoms with van der Waals surface area (Å²) in [5.74, 6) is 0. The molecule has 2 aliphatic rings. The maximum Gasteiger partial charge on any atom is 0.151 e. The van der Waals surface area contributed by atoms with Crippen LogP contribution in [0, 0.1) is 20.5 Å². The van der Waals surface area contributed by atoms with E-state index in [-0.39, 0.29) is 0 Å². The Kier molecular flexibility index (Phi) is 18.2. The van der Waals surface area contributed by atoms with Crippen LogP contribution in [0.1, 0.15) is 79.1 Å². The highest BCUT2D eigenvalue weighted by molar-refractivity contribution is 5.80. The van der Waals surface area contributed by atoms with Crippen molar-refractivity contribution in [3.63, 3.8) is 0 Å². The van der Waals surface area contributed by atoms with Crippen LogP contribution in [0.4, 0.5) is 0 Å². The molecular formula is C18H36Cl2N2O8. The van der Waals surface area contributed by atoms with Crippen molar-refractivity contribution in [2.24, 2.45) is 0 Å². The van der Waals surface area contributed by atoms with Gasteiger partial charge in [0.1, 0.15) is 26.2 Å². The van der Waals surface area contributed by atoms with Crippen LogP contribution in [0.3, 0.4) is 0 Å². The normalized spacial score (nSPS) is 17.2. The summed E-state index contributed by atoms with van der Waals surface area (Å²) in [6, 6.07) is 0. The van der Waals surface area contributed by atoms with E-state index in [9.17, 15) is 0 Å². The van der Waals surface area contributed by atoms with Gasteiger partial charge in [0, 0.05) is 38.5 Å². The first-order valence-electron chi connectivity index (χ1n) is 10.2. The van der Waals surface area contributed by atoms with Gasteiger partial charge in [0.15, 0.2) is 11.4 Å². The SMILES string of the molecule is CCC1=[N+](CC)CCCC1.CCC1=[N+](CC)CCCC1.[O-][Cl+3]([O-])([O-])[O-].[O-][Cl+3]([O-])([O-])[O-]. The van der Waals surface area contributed by atoms with E-state index in [1.165, 1.54) is 77.5 Å². The van der Waals surface area contributed by atoms with Gasteiger partial charge in [-0.1, -0.05) is 13.8 Å². The van der Waals surface area contributed by atoms with Gasteiger partial charge in [-0.25, -0.2) is 46.4 Å². The van der Waals surface area contributed by atoms with Crippen LogP contribution in [0.2, 0.25) is 0 Å². The Morgan fingerprint density at radius 2 is 0.833 bits per heavy atom. The molecule has 30 heavy (non-hydrogen) atoms. The van der Waals surface area contributed by atoms with E-state index in [2.05, 4.69) is 36.8 Å². The van der Waals surface area contributed by atoms with Gasteiger partial charge < -0.3 is 0 Å². The summed E-state index contributed by atoms with van der Waals surface area (Å²) >= 11 is 0. The minimum absolute atomic E-state index is 1.21. The second kappa shape index (κ2) is 17.2. The Morgan fingerprint density at radius 3 is 1.00 bits per heavy atom. The molecule has 0 aliphatic carbocycles. The van der Waals surface area contributed by atoms with Crippen molar-refractivity contribution in [1.82, 2.24) is 0 Å². The Morgan fingerprint density at radius 1 is 0.567 bits per heavy atom. The van der Waals surface area contributed by atoms with E-state index < -0.39 is 20.5 Å². The fourth-order valence-corrected chi connectivity index (χ4v) is 3.46. The minimum Gasteiger partial charge on any atom is -0.237 e. The standard InChI is InChI=1S/2C9H18N.2ClHO4/c2*1-3-9-7-5-6-8-10(9)4-2;2*2-1(3,4)5/h2*3-8H2,1-2H3;2*(H,2,3,4,5)/q2*+1;;/p-2. The van der Waals surface area contributed by atoms with E-state index >= 15 is 0 Å². The monoisotopic (exact) mass is 478 g/mol. The first kappa shape index (κ1) is 31.8. The van der Waals surface area contributed by atoms with Gasteiger partial charge in [-0.2, -0.15) is 0 Å². The zero-order chi connectivity index (χ0) is 23.8. The van der Waals surface area contributed by atoms with E-state index in [4.69, 9.17) is 37.3 Å². The fraction of sp³-hybridized carbons (Fsp3) is 0.889. The molecule has 2 aliphatic heterocycles. The molecule has 0 saturated carbocycles. The molecule has 0 amide bonds. The molecule has 0 bridgehead atoms. The third kappa shape index (κ3) is 22.3. The smallest absolute Gasteiger partial charge is 0.151 e. The fourth-order valence-electron chi connectivity index (χ4n) is 3.46. The van der Waals surface area contributed by atoms with Crippen LogP contribution < -0.4 is 37.3 Å². The highest BCUT2D eigenvalue weighted by atomic mass is 35.7. The van der Waals surface area contributed by atoms with Crippen molar-refractivity contribution in [1.29, 1.82) is 0 Å². The lowest BCUT2D eigenvalue weighted by Gasteiger charge is -2.17. The second-order valence-electron chi connectivity index (χ2n) is 6.67. The van der Waals surface area contributed by atoms with Crippen molar-refractivity contribution in [3.05, 3.63) is 0 Å². The molecule has 0 fully saturated rings. The van der Waals surface area contributed by atoms with Crippen LogP contribution in [0.25, 0.3) is 0 Å². The molecule has 180 valence electrons. The zero-order valence-electron chi connectivity index (χ0n) is 18.4. The van der Waals surface area contributed by atoms with E-state index in [0.29, 0.717) is 0 Å². The van der Waals surface area contributed by atoms with Crippen molar-refractivity contribution in [2.75, 3.05) is 26.2 Å². The maximum absolute atomic E-state index is 8.49. The Balaban J connectivity index is 0. The number of nitrogens with zero attached hydrogens (tertiary/aromatic N) is 2. The van der Waals surface area contributed by atoms with Crippen molar-refractivity contribution in [2.45, 2.75) is 79.1 Å². The third-order valence-electron chi connectivity index (χ3n) is 4.76. The van der Waals surface area contributed by atoms with Gasteiger partial charge in [0.2, 0.25) is 0 Å². The second-order valence-corrected chi connectivity index (χ2v) is 8.18. The molecule has 0 radical (unpaired) electrons. The Bertz CT molecular complexity index is 427. The number of halogens is 2. The number of hydrogen-bond donors (Lipinski definition) is 0. The average Bonchev–Trinajstić information content (AvgIpc) is 2.65. The molecule has 0 saturated heterocycles. The maximum atomic E-state index is 8.49. The van der Waals surface area contributed by atoms with Crippen LogP contribution in [0.5, 0.6) is 0 Å². The van der Waals surface area contributed by atoms with Crippen LogP contribution in [-0.4, -0.2) is 46.8 Å². The zero-order valence-corrected chi connectivity index (χ0v) is 19.9. The van der Waals surface area contributed by atoms with Gasteiger partial charge in [-0.3, -0.25) is 0 Å². The molecule has 0 aromatic rings. The molecule has 0 unspecified atom stereocenters. The van der Waals surface area contributed by atoms with Gasteiger partial charge in [-0.05, 0) is 26.7 Å². The summed E-state index contributed by atoms with van der Waals surface area (Å²) in [6.07, 6.45) is 10.9. The van der Waals surface area contributed by atoms with Crippen LogP contribution in [0.15, 0.2) is 0 Å². The molecule has 12 heteroatoms. The number of hydrogen-bond acceptors (Lipinski definition) is 8. The highest BCUT2D eigenvalue weighted by Crippen LogP contribution is 2.08. The summed E-state index contributed by atoms with van der Waals surface area (Å²) < 4.78 is 73.0. The van der Waals surface area contributed by atoms with Crippen LogP contribution >= 0.6 is 0 Å². The molecule has 2 rings (SSSR count). The lowest BCUT2D eigenvalue weighted by Crippen LogP contribution is -2.68. The molecular weight excluding hydrogens is 443 g/mol. The molecule has 0 aromatic carbocycles. The lowest BCUT2D eigenvalue weighted by atomic mass is 10.1. The summed E-state index contributed by atoms with van der Waals surface area (Å²) in [6.45, 7) is 14.1. The summed E-state index contributed by atoms with van der Waals surface area (Å²) in [7, 11) is -9.89. The summed E-state index contributed by atoms with van der Waals surface area (Å²) in [5, 5.41) is 0. The molecule has 0 N–H and O–H groups in total. The molecule has 0 spiro atoms. The van der Waals surface area contributed by atoms with Crippen molar-refractivity contribution >= 4 is 11.4 Å². The molecule has 2 heterocycles. The Hall–Kier alpha value is -0.400. The van der Waals surface area contributed by atoms with Crippen molar-refractivity contribution < 1.29 is 66.9 Å². The highest BCUT2D eigenvalue weighted by Gasteiger charge is 2.16. The first-order chi connectivity index (χ1) is 13.8. The van der Waals surface area contributed by atoms with Crippen molar-refractivity contribution in [3.8, 4) is 0 Å². The predicted octanol–water partition coefficient (Wildman–Crippen LogP) is -5.40. The van der Waals surface area contributed by atoms with E-state index in [0.717, 1.165) is 0 Å². The Labute approximate surface area is 183 Å². The summed E-state index contributed by atoms with van der Waals surface area (Å²) in [5.41, 5.74) is 3.35. The lowest BCUT2D eigenvalue weighted by molar-refractivity contribution is -2.00. The molecule has 0 atom stereocenters. The minimum atomic E-state index is -4.94. The largest absolute Gasteiger partial charge is 0.237 e. The molecule has 10 nitrogen and oxygen atoms in total. The topological polar surface area (TPSA) is 190 Å². The van der Waals surface area contributed by atoms with E-state index in [1.807, 2.05) is 0 Å². The average molecular weight is 479 g/mol. The van der Waals surface area contributed by atoms with Gasteiger partial charge in [0.25, 0.3) is 0 Å². The van der Waals surface area contributed by atoms with Gasteiger partial charge in [0.05, 0.1) is 0 Å². The van der Waals surface area contributed by atoms with E-state index in [1.54, 1.807) is 11.4 Å². The van der Waals surface area contributed by atoms with Crippen LogP contribution in [-0.2, 0) is 0 Å². The summed E-state index contributed by atoms with van der Waals surface area (Å²) in [4.78, 5) is 0. The number of rotatable bonds is 4. The first-order valence-corrected chi connectivity index (χ1v) is 12.7.